The van der Waals surface area contributed by atoms with Crippen molar-refractivity contribution in [3.63, 3.8) is 0 Å². The predicted octanol–water partition coefficient (Wildman–Crippen LogP) is 1.46. The zero-order chi connectivity index (χ0) is 16.6. The maximum atomic E-state index is 12.6. The van der Waals surface area contributed by atoms with Gasteiger partial charge in [-0.1, -0.05) is 11.6 Å². The lowest BCUT2D eigenvalue weighted by Crippen LogP contribution is -2.42. The molecule has 0 aliphatic carbocycles. The van der Waals surface area contributed by atoms with E-state index in [1.807, 2.05) is 0 Å². The number of benzene rings is 1. The monoisotopic (exact) mass is 335 g/mol. The van der Waals surface area contributed by atoms with Crippen LogP contribution in [0.5, 0.6) is 0 Å². The van der Waals surface area contributed by atoms with E-state index in [0.717, 1.165) is 30.5 Å². The van der Waals surface area contributed by atoms with E-state index in [9.17, 15) is 14.4 Å². The Morgan fingerprint density at radius 3 is 2.52 bits per heavy atom. The summed E-state index contributed by atoms with van der Waals surface area (Å²) in [5.74, 6) is -0.104. The molecule has 122 valence electrons. The van der Waals surface area contributed by atoms with E-state index < -0.39 is 5.69 Å². The third-order valence-electron chi connectivity index (χ3n) is 4.26. The van der Waals surface area contributed by atoms with Crippen molar-refractivity contribution in [3.8, 4) is 0 Å². The highest BCUT2D eigenvalue weighted by atomic mass is 35.5. The van der Waals surface area contributed by atoms with Crippen molar-refractivity contribution < 1.29 is 4.79 Å². The van der Waals surface area contributed by atoms with Crippen LogP contribution in [0.2, 0.25) is 5.02 Å². The van der Waals surface area contributed by atoms with E-state index in [-0.39, 0.29) is 24.6 Å². The summed E-state index contributed by atoms with van der Waals surface area (Å²) in [6.07, 6.45) is 1.98. The highest BCUT2D eigenvalue weighted by molar-refractivity contribution is 6.31. The molecular formula is C16H18ClN3O3. The number of aromatic nitrogens is 2. The van der Waals surface area contributed by atoms with Gasteiger partial charge in [-0.25, -0.2) is 4.79 Å². The van der Waals surface area contributed by atoms with Crippen LogP contribution in [0.25, 0.3) is 10.9 Å². The van der Waals surface area contributed by atoms with E-state index in [1.54, 1.807) is 30.0 Å². The van der Waals surface area contributed by atoms with Gasteiger partial charge in [0, 0.05) is 24.7 Å². The number of fused-ring (bicyclic) bond motifs is 1. The third-order valence-corrected chi connectivity index (χ3v) is 4.49. The fraction of sp³-hybridized carbons (Fsp3) is 0.438. The van der Waals surface area contributed by atoms with Crippen molar-refractivity contribution >= 4 is 28.4 Å². The Morgan fingerprint density at radius 1 is 1.17 bits per heavy atom. The van der Waals surface area contributed by atoms with Crippen molar-refractivity contribution in [1.82, 2.24) is 14.0 Å². The van der Waals surface area contributed by atoms with Crippen LogP contribution in [0.3, 0.4) is 0 Å². The maximum Gasteiger partial charge on any atom is 0.331 e. The first kappa shape index (κ1) is 15.8. The van der Waals surface area contributed by atoms with Crippen LogP contribution >= 0.6 is 11.6 Å². The van der Waals surface area contributed by atoms with E-state index in [4.69, 9.17) is 11.6 Å². The molecule has 0 atom stereocenters. The van der Waals surface area contributed by atoms with Gasteiger partial charge in [0.25, 0.3) is 5.56 Å². The normalized spacial score (nSPS) is 14.6. The Morgan fingerprint density at radius 2 is 1.87 bits per heavy atom. The fourth-order valence-corrected chi connectivity index (χ4v) is 3.19. The van der Waals surface area contributed by atoms with Crippen molar-refractivity contribution in [1.29, 1.82) is 0 Å². The average molecular weight is 336 g/mol. The molecule has 6 nitrogen and oxygen atoms in total. The Labute approximate surface area is 137 Å². The van der Waals surface area contributed by atoms with Gasteiger partial charge in [-0.15, -0.1) is 0 Å². The van der Waals surface area contributed by atoms with Crippen molar-refractivity contribution in [2.24, 2.45) is 0 Å². The summed E-state index contributed by atoms with van der Waals surface area (Å²) >= 11 is 6.01. The molecule has 2 heterocycles. The van der Waals surface area contributed by atoms with E-state index >= 15 is 0 Å². The molecule has 2 aromatic rings. The molecule has 1 fully saturated rings. The fourth-order valence-electron chi connectivity index (χ4n) is 3.02. The van der Waals surface area contributed by atoms with E-state index in [1.165, 1.54) is 4.57 Å². The number of hydrogen-bond acceptors (Lipinski definition) is 3. The molecule has 0 unspecified atom stereocenters. The molecule has 0 saturated carbocycles. The molecule has 23 heavy (non-hydrogen) atoms. The summed E-state index contributed by atoms with van der Waals surface area (Å²) in [7, 11) is 0. The number of likely N-dealkylation sites (tertiary alicyclic amines) is 1. The SMILES string of the molecule is CCn1c(=O)c2ccc(Cl)cc2n(CC(=O)N2CCCC2)c1=O. The van der Waals surface area contributed by atoms with Crippen LogP contribution in [-0.4, -0.2) is 33.0 Å². The zero-order valence-electron chi connectivity index (χ0n) is 12.9. The standard InChI is InChI=1S/C16H18ClN3O3/c1-2-19-15(22)12-6-5-11(17)9-13(12)20(16(19)23)10-14(21)18-7-3-4-8-18/h5-6,9H,2-4,7-8,10H2,1H3. The second-order valence-corrected chi connectivity index (χ2v) is 6.10. The van der Waals surface area contributed by atoms with E-state index in [0.29, 0.717) is 15.9 Å². The van der Waals surface area contributed by atoms with Crippen LogP contribution in [-0.2, 0) is 17.9 Å². The first-order chi connectivity index (χ1) is 11.0. The average Bonchev–Trinajstić information content (AvgIpc) is 3.06. The number of nitrogens with zero attached hydrogens (tertiary/aromatic N) is 3. The Kier molecular flexibility index (Phi) is 4.26. The van der Waals surface area contributed by atoms with Gasteiger partial charge in [-0.05, 0) is 38.0 Å². The Hall–Kier alpha value is -2.08. The summed E-state index contributed by atoms with van der Waals surface area (Å²) < 4.78 is 2.50. The van der Waals surface area contributed by atoms with Crippen molar-refractivity contribution in [2.75, 3.05) is 13.1 Å². The van der Waals surface area contributed by atoms with Gasteiger partial charge < -0.3 is 4.90 Å². The molecule has 0 spiro atoms. The lowest BCUT2D eigenvalue weighted by Gasteiger charge is -2.18. The predicted molar refractivity (Wildman–Crippen MR) is 89.0 cm³/mol. The zero-order valence-corrected chi connectivity index (χ0v) is 13.7. The molecule has 3 rings (SSSR count). The minimum Gasteiger partial charge on any atom is -0.341 e. The van der Waals surface area contributed by atoms with Crippen LogP contribution in [0.15, 0.2) is 27.8 Å². The lowest BCUT2D eigenvalue weighted by atomic mass is 10.2. The summed E-state index contributed by atoms with van der Waals surface area (Å²) in [4.78, 5) is 39.2. The van der Waals surface area contributed by atoms with Crippen molar-refractivity contribution in [3.05, 3.63) is 44.1 Å². The van der Waals surface area contributed by atoms with E-state index in [2.05, 4.69) is 0 Å². The Bertz CT molecular complexity index is 878. The molecule has 0 radical (unpaired) electrons. The second kappa shape index (κ2) is 6.20. The number of hydrogen-bond donors (Lipinski definition) is 0. The van der Waals surface area contributed by atoms with Gasteiger partial charge in [-0.3, -0.25) is 18.7 Å². The topological polar surface area (TPSA) is 64.3 Å². The van der Waals surface area contributed by atoms with Gasteiger partial charge >= 0.3 is 5.69 Å². The first-order valence-corrected chi connectivity index (χ1v) is 8.11. The Balaban J connectivity index is 2.17. The highest BCUT2D eigenvalue weighted by Gasteiger charge is 2.21. The second-order valence-electron chi connectivity index (χ2n) is 5.67. The lowest BCUT2D eigenvalue weighted by molar-refractivity contribution is -0.130. The molecule has 0 bridgehead atoms. The molecule has 7 heteroatoms. The summed E-state index contributed by atoms with van der Waals surface area (Å²) in [6, 6.07) is 4.78. The van der Waals surface area contributed by atoms with Crippen LogP contribution < -0.4 is 11.2 Å². The number of carbonyl (C=O) groups is 1. The molecule has 1 aliphatic rings. The largest absolute Gasteiger partial charge is 0.341 e. The molecule has 1 saturated heterocycles. The third kappa shape index (κ3) is 2.79. The smallest absolute Gasteiger partial charge is 0.331 e. The number of halogens is 1. The van der Waals surface area contributed by atoms with Gasteiger partial charge in [0.05, 0.1) is 10.9 Å². The summed E-state index contributed by atoms with van der Waals surface area (Å²) in [6.45, 7) is 3.36. The molecule has 1 aliphatic heterocycles. The maximum absolute atomic E-state index is 12.6. The molecule has 1 amide bonds. The quantitative estimate of drug-likeness (QED) is 0.853. The summed E-state index contributed by atoms with van der Waals surface area (Å²) in [5, 5.41) is 0.818. The van der Waals surface area contributed by atoms with Gasteiger partial charge in [0.1, 0.15) is 6.54 Å². The van der Waals surface area contributed by atoms with Crippen LogP contribution in [0.4, 0.5) is 0 Å². The highest BCUT2D eigenvalue weighted by Crippen LogP contribution is 2.16. The van der Waals surface area contributed by atoms with Gasteiger partial charge in [0.2, 0.25) is 5.91 Å². The molecule has 1 aromatic carbocycles. The molecule has 0 N–H and O–H groups in total. The summed E-state index contributed by atoms with van der Waals surface area (Å²) in [5.41, 5.74) is -0.418. The minimum atomic E-state index is -0.472. The number of amides is 1. The minimum absolute atomic E-state index is 0.0735. The van der Waals surface area contributed by atoms with Crippen LogP contribution in [0.1, 0.15) is 19.8 Å². The first-order valence-electron chi connectivity index (χ1n) is 7.73. The van der Waals surface area contributed by atoms with Crippen LogP contribution in [0, 0.1) is 0 Å². The van der Waals surface area contributed by atoms with Crippen molar-refractivity contribution in [2.45, 2.75) is 32.9 Å². The molecular weight excluding hydrogens is 318 g/mol. The number of rotatable bonds is 3. The molecule has 1 aromatic heterocycles. The van der Waals surface area contributed by atoms with Gasteiger partial charge in [0.15, 0.2) is 0 Å². The van der Waals surface area contributed by atoms with Gasteiger partial charge in [-0.2, -0.15) is 0 Å². The number of carbonyl (C=O) groups excluding carboxylic acids is 1.